The molecule has 0 radical (unpaired) electrons. The Hall–Kier alpha value is -2.43. The van der Waals surface area contributed by atoms with Crippen molar-refractivity contribution in [2.75, 3.05) is 5.32 Å². The molecule has 0 saturated heterocycles. The van der Waals surface area contributed by atoms with Gasteiger partial charge in [0.15, 0.2) is 0 Å². The van der Waals surface area contributed by atoms with Gasteiger partial charge in [0, 0.05) is 0 Å². The lowest BCUT2D eigenvalue weighted by Crippen LogP contribution is -2.13. The predicted octanol–water partition coefficient (Wildman–Crippen LogP) is 2.49. The van der Waals surface area contributed by atoms with Crippen LogP contribution in [0.5, 0.6) is 5.75 Å². The highest BCUT2D eigenvalue weighted by Gasteiger charge is 2.12. The molecule has 2 N–H and O–H groups in total. The summed E-state index contributed by atoms with van der Waals surface area (Å²) >= 11 is 0. The van der Waals surface area contributed by atoms with Gasteiger partial charge in [0.1, 0.15) is 17.4 Å². The minimum absolute atomic E-state index is 0.0721. The van der Waals surface area contributed by atoms with Gasteiger partial charge in [-0.2, -0.15) is 0 Å². The van der Waals surface area contributed by atoms with Gasteiger partial charge in [-0.25, -0.2) is 9.37 Å². The molecule has 1 heterocycles. The van der Waals surface area contributed by atoms with Gasteiger partial charge < -0.3 is 10.4 Å². The van der Waals surface area contributed by atoms with Crippen LogP contribution in [0.15, 0.2) is 36.5 Å². The number of nitrogens with zero attached hydrogens (tertiary/aromatic N) is 1. The topological polar surface area (TPSA) is 62.2 Å². The van der Waals surface area contributed by atoms with Crippen molar-refractivity contribution in [3.63, 3.8) is 0 Å². The third-order valence-corrected chi connectivity index (χ3v) is 2.45. The number of hydrogen-bond donors (Lipinski definition) is 2. The molecule has 18 heavy (non-hydrogen) atoms. The molecule has 0 aliphatic rings. The molecular formula is C13H11FN2O2. The van der Waals surface area contributed by atoms with Crippen molar-refractivity contribution < 1.29 is 14.3 Å². The number of aromatic nitrogens is 1. The monoisotopic (exact) mass is 246 g/mol. The maximum atomic E-state index is 12.6. The Kier molecular flexibility index (Phi) is 3.23. The number of phenols is 1. The molecule has 1 aromatic carbocycles. The zero-order valence-electron chi connectivity index (χ0n) is 9.64. The van der Waals surface area contributed by atoms with E-state index in [-0.39, 0.29) is 17.1 Å². The van der Waals surface area contributed by atoms with Crippen LogP contribution in [0.25, 0.3) is 0 Å². The standard InChI is InChI=1S/C13H11FN2O2/c1-8-3-2-4-10(12(8)17)13(18)16-11-6-5-9(14)7-15-11/h2-7,17H,1H3,(H,15,16,18). The first kappa shape index (κ1) is 12.0. The fourth-order valence-corrected chi connectivity index (χ4v) is 1.48. The second-order valence-corrected chi connectivity index (χ2v) is 3.79. The van der Waals surface area contributed by atoms with Crippen LogP contribution in [-0.2, 0) is 0 Å². The zero-order valence-corrected chi connectivity index (χ0v) is 9.64. The van der Waals surface area contributed by atoms with Crippen LogP contribution < -0.4 is 5.32 Å². The molecule has 0 aliphatic carbocycles. The summed E-state index contributed by atoms with van der Waals surface area (Å²) in [6, 6.07) is 7.41. The summed E-state index contributed by atoms with van der Waals surface area (Å²) in [5.74, 6) is -0.818. The summed E-state index contributed by atoms with van der Waals surface area (Å²) in [6.45, 7) is 1.70. The van der Waals surface area contributed by atoms with Crippen molar-refractivity contribution >= 4 is 11.7 Å². The molecule has 92 valence electrons. The number of aryl methyl sites for hydroxylation is 1. The number of amides is 1. The van der Waals surface area contributed by atoms with Crippen molar-refractivity contribution in [2.24, 2.45) is 0 Å². The van der Waals surface area contributed by atoms with E-state index >= 15 is 0 Å². The number of phenolic OH excluding ortho intramolecular Hbond substituents is 1. The summed E-state index contributed by atoms with van der Waals surface area (Å²) in [4.78, 5) is 15.6. The predicted molar refractivity (Wildman–Crippen MR) is 65.0 cm³/mol. The number of benzene rings is 1. The maximum Gasteiger partial charge on any atom is 0.260 e. The number of anilines is 1. The van der Waals surface area contributed by atoms with Crippen molar-refractivity contribution in [1.82, 2.24) is 4.98 Å². The van der Waals surface area contributed by atoms with Gasteiger partial charge in [-0.3, -0.25) is 4.79 Å². The minimum atomic E-state index is -0.490. The van der Waals surface area contributed by atoms with E-state index in [0.29, 0.717) is 5.56 Å². The van der Waals surface area contributed by atoms with Gasteiger partial charge >= 0.3 is 0 Å². The van der Waals surface area contributed by atoms with Crippen LogP contribution in [-0.4, -0.2) is 16.0 Å². The Balaban J connectivity index is 2.22. The first-order valence-electron chi connectivity index (χ1n) is 5.29. The number of halogens is 1. The quantitative estimate of drug-likeness (QED) is 0.855. The van der Waals surface area contributed by atoms with Crippen molar-refractivity contribution in [2.45, 2.75) is 6.92 Å². The Morgan fingerprint density at radius 1 is 1.33 bits per heavy atom. The van der Waals surface area contributed by atoms with Gasteiger partial charge in [-0.1, -0.05) is 12.1 Å². The van der Waals surface area contributed by atoms with E-state index in [1.807, 2.05) is 0 Å². The van der Waals surface area contributed by atoms with Gasteiger partial charge in [0.25, 0.3) is 5.91 Å². The molecular weight excluding hydrogens is 235 g/mol. The SMILES string of the molecule is Cc1cccc(C(=O)Nc2ccc(F)cn2)c1O. The highest BCUT2D eigenvalue weighted by molar-refractivity contribution is 6.05. The summed E-state index contributed by atoms with van der Waals surface area (Å²) in [6.07, 6.45) is 1.01. The molecule has 2 rings (SSSR count). The van der Waals surface area contributed by atoms with Gasteiger partial charge in [-0.05, 0) is 30.7 Å². The third-order valence-electron chi connectivity index (χ3n) is 2.45. The van der Waals surface area contributed by atoms with Gasteiger partial charge in [0.2, 0.25) is 0 Å². The molecule has 1 amide bonds. The molecule has 0 spiro atoms. The smallest absolute Gasteiger partial charge is 0.260 e. The molecule has 4 nitrogen and oxygen atoms in total. The van der Waals surface area contributed by atoms with E-state index in [1.54, 1.807) is 19.1 Å². The summed E-state index contributed by atoms with van der Waals surface area (Å²) in [5.41, 5.74) is 0.760. The molecule has 0 fully saturated rings. The Morgan fingerprint density at radius 2 is 2.11 bits per heavy atom. The highest BCUT2D eigenvalue weighted by atomic mass is 19.1. The average molecular weight is 246 g/mol. The van der Waals surface area contributed by atoms with Gasteiger partial charge in [-0.15, -0.1) is 0 Å². The second-order valence-electron chi connectivity index (χ2n) is 3.79. The van der Waals surface area contributed by atoms with E-state index in [4.69, 9.17) is 0 Å². The number of rotatable bonds is 2. The van der Waals surface area contributed by atoms with Crippen LogP contribution in [0, 0.1) is 12.7 Å². The fourth-order valence-electron chi connectivity index (χ4n) is 1.48. The van der Waals surface area contributed by atoms with E-state index in [9.17, 15) is 14.3 Å². The lowest BCUT2D eigenvalue weighted by atomic mass is 10.1. The third kappa shape index (κ3) is 2.45. The van der Waals surface area contributed by atoms with Crippen LogP contribution in [0.3, 0.4) is 0 Å². The summed E-state index contributed by atoms with van der Waals surface area (Å²) in [5, 5.41) is 12.2. The molecule has 0 unspecified atom stereocenters. The largest absolute Gasteiger partial charge is 0.507 e. The van der Waals surface area contributed by atoms with Crippen molar-refractivity contribution in [1.29, 1.82) is 0 Å². The van der Waals surface area contributed by atoms with E-state index in [2.05, 4.69) is 10.3 Å². The summed E-state index contributed by atoms with van der Waals surface area (Å²) in [7, 11) is 0. The van der Waals surface area contributed by atoms with Crippen LogP contribution in [0.1, 0.15) is 15.9 Å². The molecule has 0 atom stereocenters. The Labute approximate surface area is 103 Å². The van der Waals surface area contributed by atoms with E-state index in [1.165, 1.54) is 18.2 Å². The average Bonchev–Trinajstić information content (AvgIpc) is 2.35. The first-order valence-corrected chi connectivity index (χ1v) is 5.29. The molecule has 2 aromatic rings. The number of para-hydroxylation sites is 1. The zero-order chi connectivity index (χ0) is 13.1. The van der Waals surface area contributed by atoms with Gasteiger partial charge in [0.05, 0.1) is 11.8 Å². The molecule has 1 aromatic heterocycles. The van der Waals surface area contributed by atoms with Crippen molar-refractivity contribution in [3.8, 4) is 5.75 Å². The summed E-state index contributed by atoms with van der Waals surface area (Å²) < 4.78 is 12.6. The molecule has 0 aliphatic heterocycles. The number of nitrogens with one attached hydrogen (secondary N) is 1. The minimum Gasteiger partial charge on any atom is -0.507 e. The maximum absolute atomic E-state index is 12.6. The molecule has 0 bridgehead atoms. The Morgan fingerprint density at radius 3 is 2.78 bits per heavy atom. The van der Waals surface area contributed by atoms with Crippen LogP contribution in [0.4, 0.5) is 10.2 Å². The highest BCUT2D eigenvalue weighted by Crippen LogP contribution is 2.22. The number of carbonyl (C=O) groups is 1. The van der Waals surface area contributed by atoms with E-state index in [0.717, 1.165) is 6.20 Å². The first-order chi connectivity index (χ1) is 8.58. The number of carbonyl (C=O) groups excluding carboxylic acids is 1. The lowest BCUT2D eigenvalue weighted by Gasteiger charge is -2.07. The molecule has 5 heteroatoms. The number of aromatic hydroxyl groups is 1. The normalized spacial score (nSPS) is 10.1. The lowest BCUT2D eigenvalue weighted by molar-refractivity contribution is 0.102. The van der Waals surface area contributed by atoms with Crippen LogP contribution >= 0.6 is 0 Å². The molecule has 0 saturated carbocycles. The number of hydrogen-bond acceptors (Lipinski definition) is 3. The Bertz CT molecular complexity index is 582. The van der Waals surface area contributed by atoms with E-state index < -0.39 is 11.7 Å². The second kappa shape index (κ2) is 4.83. The van der Waals surface area contributed by atoms with Crippen molar-refractivity contribution in [3.05, 3.63) is 53.5 Å². The number of pyridine rings is 1. The fraction of sp³-hybridized carbons (Fsp3) is 0.0769. The van der Waals surface area contributed by atoms with Crippen LogP contribution in [0.2, 0.25) is 0 Å².